The summed E-state index contributed by atoms with van der Waals surface area (Å²) in [7, 11) is 0. The molecule has 0 unspecified atom stereocenters. The van der Waals surface area contributed by atoms with Gasteiger partial charge in [0.2, 0.25) is 0 Å². The van der Waals surface area contributed by atoms with Crippen molar-refractivity contribution >= 4 is 11.6 Å². The number of ether oxygens (including phenoxy) is 1. The fraction of sp³-hybridized carbons (Fsp3) is 0.462. The van der Waals surface area contributed by atoms with Gasteiger partial charge in [0.15, 0.2) is 0 Å². The summed E-state index contributed by atoms with van der Waals surface area (Å²) in [6.07, 6.45) is 0. The zero-order valence-corrected chi connectivity index (χ0v) is 11.2. The molecule has 7 nitrogen and oxygen atoms in total. The van der Waals surface area contributed by atoms with Crippen LogP contribution in [-0.2, 0) is 4.74 Å². The Bertz CT molecular complexity index is 507. The van der Waals surface area contributed by atoms with Gasteiger partial charge in [-0.1, -0.05) is 23.3 Å². The molecule has 106 valence electrons. The molecule has 1 saturated heterocycles. The minimum absolute atomic E-state index is 0.221. The summed E-state index contributed by atoms with van der Waals surface area (Å²) in [6, 6.07) is 6.74. The van der Waals surface area contributed by atoms with Crippen molar-refractivity contribution in [2.24, 2.45) is 5.11 Å². The van der Waals surface area contributed by atoms with E-state index in [2.05, 4.69) is 20.2 Å². The van der Waals surface area contributed by atoms with Crippen molar-refractivity contribution in [3.05, 3.63) is 40.3 Å². The maximum atomic E-state index is 12.0. The molecule has 1 amide bonds. The second-order valence-corrected chi connectivity index (χ2v) is 4.42. The van der Waals surface area contributed by atoms with Crippen molar-refractivity contribution in [2.75, 3.05) is 39.4 Å². The van der Waals surface area contributed by atoms with Crippen molar-refractivity contribution in [3.8, 4) is 0 Å². The first-order valence-corrected chi connectivity index (χ1v) is 6.53. The summed E-state index contributed by atoms with van der Waals surface area (Å²) in [5.74, 6) is -0.221. The largest absolute Gasteiger partial charge is 0.379 e. The Morgan fingerprint density at radius 3 is 2.90 bits per heavy atom. The topological polar surface area (TPSA) is 90.3 Å². The Hall–Kier alpha value is -2.08. The maximum absolute atomic E-state index is 12.0. The molecule has 7 heteroatoms. The Labute approximate surface area is 117 Å². The van der Waals surface area contributed by atoms with Gasteiger partial charge >= 0.3 is 0 Å². The first kappa shape index (κ1) is 14.3. The SMILES string of the molecule is [N-]=[N+]=Nc1ccccc1C(=O)NCCN1CCOCC1. The van der Waals surface area contributed by atoms with Gasteiger partial charge in [-0.05, 0) is 11.6 Å². The highest BCUT2D eigenvalue weighted by Gasteiger charge is 2.12. The molecule has 2 rings (SSSR count). The number of carbonyl (C=O) groups excluding carboxylic acids is 1. The van der Waals surface area contributed by atoms with Crippen molar-refractivity contribution in [3.63, 3.8) is 0 Å². The molecule has 1 N–H and O–H groups in total. The lowest BCUT2D eigenvalue weighted by atomic mass is 10.1. The number of morpholine rings is 1. The van der Waals surface area contributed by atoms with E-state index in [1.165, 1.54) is 0 Å². The predicted molar refractivity (Wildman–Crippen MR) is 74.8 cm³/mol. The Morgan fingerprint density at radius 1 is 1.40 bits per heavy atom. The molecule has 0 spiro atoms. The van der Waals surface area contributed by atoms with Gasteiger partial charge in [-0.25, -0.2) is 0 Å². The minimum atomic E-state index is -0.221. The monoisotopic (exact) mass is 275 g/mol. The van der Waals surface area contributed by atoms with Crippen LogP contribution in [0.1, 0.15) is 10.4 Å². The number of benzene rings is 1. The Morgan fingerprint density at radius 2 is 2.15 bits per heavy atom. The quantitative estimate of drug-likeness (QED) is 0.503. The van der Waals surface area contributed by atoms with Gasteiger partial charge in [0.05, 0.1) is 18.9 Å². The van der Waals surface area contributed by atoms with E-state index in [-0.39, 0.29) is 5.91 Å². The lowest BCUT2D eigenvalue weighted by Gasteiger charge is -2.26. The van der Waals surface area contributed by atoms with E-state index in [4.69, 9.17) is 10.3 Å². The fourth-order valence-electron chi connectivity index (χ4n) is 2.05. The van der Waals surface area contributed by atoms with E-state index in [0.29, 0.717) is 17.8 Å². The third kappa shape index (κ3) is 3.96. The summed E-state index contributed by atoms with van der Waals surface area (Å²) in [5.41, 5.74) is 9.22. The highest BCUT2D eigenvalue weighted by Crippen LogP contribution is 2.18. The van der Waals surface area contributed by atoms with Gasteiger partial charge in [0.1, 0.15) is 0 Å². The molecule has 1 aliphatic rings. The summed E-state index contributed by atoms with van der Waals surface area (Å²) >= 11 is 0. The highest BCUT2D eigenvalue weighted by atomic mass is 16.5. The molecule has 20 heavy (non-hydrogen) atoms. The number of hydrogen-bond acceptors (Lipinski definition) is 4. The van der Waals surface area contributed by atoms with Crippen molar-refractivity contribution in [1.29, 1.82) is 0 Å². The molecular weight excluding hydrogens is 258 g/mol. The molecule has 1 aromatic rings. The molecule has 0 aromatic heterocycles. The van der Waals surface area contributed by atoms with Crippen LogP contribution in [0.15, 0.2) is 29.4 Å². The summed E-state index contributed by atoms with van der Waals surface area (Å²) in [4.78, 5) is 17.0. The van der Waals surface area contributed by atoms with Crippen molar-refractivity contribution in [2.45, 2.75) is 0 Å². The molecular formula is C13H17N5O2. The summed E-state index contributed by atoms with van der Waals surface area (Å²) < 4.78 is 5.26. The second-order valence-electron chi connectivity index (χ2n) is 4.42. The highest BCUT2D eigenvalue weighted by molar-refractivity contribution is 5.98. The van der Waals surface area contributed by atoms with Crippen molar-refractivity contribution < 1.29 is 9.53 Å². The predicted octanol–water partition coefficient (Wildman–Crippen LogP) is 1.69. The number of rotatable bonds is 5. The van der Waals surface area contributed by atoms with Crippen LogP contribution in [0.25, 0.3) is 10.4 Å². The van der Waals surface area contributed by atoms with E-state index in [0.717, 1.165) is 32.8 Å². The van der Waals surface area contributed by atoms with Crippen molar-refractivity contribution in [1.82, 2.24) is 10.2 Å². The first-order chi connectivity index (χ1) is 9.81. The number of carbonyl (C=O) groups is 1. The number of nitrogens with zero attached hydrogens (tertiary/aromatic N) is 4. The number of amides is 1. The Kier molecular flexibility index (Phi) is 5.37. The number of hydrogen-bond donors (Lipinski definition) is 1. The molecule has 1 heterocycles. The van der Waals surface area contributed by atoms with E-state index in [9.17, 15) is 4.79 Å². The average molecular weight is 275 g/mol. The summed E-state index contributed by atoms with van der Waals surface area (Å²) in [6.45, 7) is 4.62. The molecule has 1 aliphatic heterocycles. The van der Waals surface area contributed by atoms with Gasteiger partial charge in [0, 0.05) is 36.7 Å². The second kappa shape index (κ2) is 7.49. The van der Waals surface area contributed by atoms with Crippen LogP contribution in [-0.4, -0.2) is 50.2 Å². The molecule has 0 aliphatic carbocycles. The molecule has 0 bridgehead atoms. The van der Waals surface area contributed by atoms with Crippen LogP contribution in [0, 0.1) is 0 Å². The van der Waals surface area contributed by atoms with Crippen LogP contribution in [0.5, 0.6) is 0 Å². The number of nitrogens with one attached hydrogen (secondary N) is 1. The molecule has 0 atom stereocenters. The third-order valence-corrected chi connectivity index (χ3v) is 3.12. The zero-order chi connectivity index (χ0) is 14.2. The first-order valence-electron chi connectivity index (χ1n) is 6.53. The van der Waals surface area contributed by atoms with E-state index < -0.39 is 0 Å². The van der Waals surface area contributed by atoms with E-state index in [1.807, 2.05) is 0 Å². The lowest BCUT2D eigenvalue weighted by Crippen LogP contribution is -2.41. The Balaban J connectivity index is 1.86. The normalized spacial score (nSPS) is 15.4. The van der Waals surface area contributed by atoms with E-state index >= 15 is 0 Å². The van der Waals surface area contributed by atoms with Crippen LogP contribution < -0.4 is 5.32 Å². The molecule has 1 fully saturated rings. The minimum Gasteiger partial charge on any atom is -0.379 e. The van der Waals surface area contributed by atoms with Crippen LogP contribution >= 0.6 is 0 Å². The fourth-order valence-corrected chi connectivity index (χ4v) is 2.05. The molecule has 0 radical (unpaired) electrons. The van der Waals surface area contributed by atoms with Gasteiger partial charge in [-0.15, -0.1) is 0 Å². The van der Waals surface area contributed by atoms with Gasteiger partial charge in [-0.2, -0.15) is 0 Å². The van der Waals surface area contributed by atoms with Gasteiger partial charge < -0.3 is 10.1 Å². The number of azide groups is 1. The zero-order valence-electron chi connectivity index (χ0n) is 11.2. The average Bonchev–Trinajstić information content (AvgIpc) is 2.49. The smallest absolute Gasteiger partial charge is 0.251 e. The maximum Gasteiger partial charge on any atom is 0.251 e. The van der Waals surface area contributed by atoms with E-state index in [1.54, 1.807) is 24.3 Å². The lowest BCUT2D eigenvalue weighted by molar-refractivity contribution is 0.0383. The third-order valence-electron chi connectivity index (χ3n) is 3.12. The van der Waals surface area contributed by atoms with Gasteiger partial charge in [0.25, 0.3) is 5.91 Å². The van der Waals surface area contributed by atoms with Crippen LogP contribution in [0.3, 0.4) is 0 Å². The van der Waals surface area contributed by atoms with Gasteiger partial charge in [-0.3, -0.25) is 9.69 Å². The van der Waals surface area contributed by atoms with Crippen LogP contribution in [0.2, 0.25) is 0 Å². The molecule has 0 saturated carbocycles. The standard InChI is InChI=1S/C13H17N5O2/c14-17-16-12-4-2-1-3-11(12)13(19)15-5-6-18-7-9-20-10-8-18/h1-4H,5-10H2,(H,15,19). The summed E-state index contributed by atoms with van der Waals surface area (Å²) in [5, 5.41) is 6.36. The molecule has 1 aromatic carbocycles. The van der Waals surface area contributed by atoms with Crippen LogP contribution in [0.4, 0.5) is 5.69 Å².